The van der Waals surface area contributed by atoms with Crippen LogP contribution in [0.3, 0.4) is 0 Å². The van der Waals surface area contributed by atoms with E-state index in [4.69, 9.17) is 0 Å². The van der Waals surface area contributed by atoms with Crippen molar-refractivity contribution >= 4 is 33.7 Å². The topological polar surface area (TPSA) is 104 Å². The molecule has 19 heavy (non-hydrogen) atoms. The van der Waals surface area contributed by atoms with Gasteiger partial charge in [-0.2, -0.15) is 16.1 Å². The molecule has 0 bridgehead atoms. The average Bonchev–Trinajstić information content (AvgIpc) is 2.78. The van der Waals surface area contributed by atoms with Gasteiger partial charge in [0.05, 0.1) is 12.3 Å². The molecule has 0 aliphatic carbocycles. The molecule has 1 unspecified atom stereocenters. The summed E-state index contributed by atoms with van der Waals surface area (Å²) in [5, 5.41) is 11.6. The lowest BCUT2D eigenvalue weighted by Crippen LogP contribution is -2.56. The van der Waals surface area contributed by atoms with Gasteiger partial charge in [-0.25, -0.2) is 13.2 Å². The van der Waals surface area contributed by atoms with Gasteiger partial charge >= 0.3 is 5.97 Å². The SMILES string of the molecule is CCS(=O)(=O)N(C)CC(=O)NC1(C(=O)O)CCSC1. The van der Waals surface area contributed by atoms with E-state index in [1.807, 2.05) is 0 Å². The first-order valence-corrected chi connectivity index (χ1v) is 8.56. The van der Waals surface area contributed by atoms with Crippen molar-refractivity contribution in [3.63, 3.8) is 0 Å². The summed E-state index contributed by atoms with van der Waals surface area (Å²) in [5.41, 5.74) is -1.27. The van der Waals surface area contributed by atoms with Crippen molar-refractivity contribution in [1.82, 2.24) is 9.62 Å². The predicted octanol–water partition coefficient (Wildman–Crippen LogP) is -0.656. The van der Waals surface area contributed by atoms with Gasteiger partial charge in [0.15, 0.2) is 0 Å². The van der Waals surface area contributed by atoms with E-state index in [1.165, 1.54) is 25.7 Å². The van der Waals surface area contributed by atoms with Crippen LogP contribution in [0.5, 0.6) is 0 Å². The van der Waals surface area contributed by atoms with Gasteiger partial charge in [0, 0.05) is 12.8 Å². The van der Waals surface area contributed by atoms with E-state index in [1.54, 1.807) is 0 Å². The van der Waals surface area contributed by atoms with Crippen molar-refractivity contribution in [3.05, 3.63) is 0 Å². The zero-order valence-electron chi connectivity index (χ0n) is 10.9. The van der Waals surface area contributed by atoms with Crippen LogP contribution < -0.4 is 5.32 Å². The fraction of sp³-hybridized carbons (Fsp3) is 0.800. The monoisotopic (exact) mass is 310 g/mol. The number of carboxylic acids is 1. The molecule has 1 aliphatic heterocycles. The number of thioether (sulfide) groups is 1. The summed E-state index contributed by atoms with van der Waals surface area (Å²) < 4.78 is 24.0. The number of carboxylic acid groups (broad SMARTS) is 1. The molecule has 0 spiro atoms. The third-order valence-corrected chi connectivity index (χ3v) is 6.01. The zero-order chi connectivity index (χ0) is 14.7. The van der Waals surface area contributed by atoms with E-state index in [9.17, 15) is 23.1 Å². The molecule has 0 aromatic heterocycles. The average molecular weight is 310 g/mol. The molecule has 0 saturated carbocycles. The van der Waals surface area contributed by atoms with Crippen molar-refractivity contribution in [2.24, 2.45) is 0 Å². The minimum atomic E-state index is -3.45. The lowest BCUT2D eigenvalue weighted by Gasteiger charge is -2.25. The van der Waals surface area contributed by atoms with Crippen LogP contribution in [-0.2, 0) is 19.6 Å². The molecule has 2 N–H and O–H groups in total. The molecule has 7 nitrogen and oxygen atoms in total. The lowest BCUT2D eigenvalue weighted by atomic mass is 9.99. The summed E-state index contributed by atoms with van der Waals surface area (Å²) in [7, 11) is -2.15. The number of likely N-dealkylation sites (N-methyl/N-ethyl adjacent to an activating group) is 1. The number of sulfonamides is 1. The summed E-state index contributed by atoms with van der Waals surface area (Å²) in [6.07, 6.45) is 0.350. The highest BCUT2D eigenvalue weighted by molar-refractivity contribution is 7.99. The summed E-state index contributed by atoms with van der Waals surface area (Å²) in [6, 6.07) is 0. The maximum Gasteiger partial charge on any atom is 0.330 e. The first kappa shape index (κ1) is 16.3. The first-order valence-electron chi connectivity index (χ1n) is 5.79. The zero-order valence-corrected chi connectivity index (χ0v) is 12.5. The minimum Gasteiger partial charge on any atom is -0.479 e. The fourth-order valence-corrected chi connectivity index (χ4v) is 3.79. The number of hydrogen-bond acceptors (Lipinski definition) is 5. The van der Waals surface area contributed by atoms with Crippen molar-refractivity contribution < 1.29 is 23.1 Å². The molecular weight excluding hydrogens is 292 g/mol. The molecule has 0 radical (unpaired) electrons. The number of rotatable bonds is 6. The Labute approximate surface area is 116 Å². The predicted molar refractivity (Wildman–Crippen MR) is 72.5 cm³/mol. The van der Waals surface area contributed by atoms with Crippen molar-refractivity contribution in [2.45, 2.75) is 18.9 Å². The Morgan fingerprint density at radius 1 is 1.47 bits per heavy atom. The number of carbonyl (C=O) groups excluding carboxylic acids is 1. The molecule has 1 rings (SSSR count). The molecule has 110 valence electrons. The second-order valence-corrected chi connectivity index (χ2v) is 7.86. The summed E-state index contributed by atoms with van der Waals surface area (Å²) >= 11 is 1.45. The number of nitrogens with one attached hydrogen (secondary N) is 1. The normalized spacial score (nSPS) is 23.5. The van der Waals surface area contributed by atoms with Gasteiger partial charge in [0.25, 0.3) is 0 Å². The quantitative estimate of drug-likeness (QED) is 0.675. The minimum absolute atomic E-state index is 0.100. The molecule has 0 aromatic carbocycles. The Bertz CT molecular complexity index is 457. The van der Waals surface area contributed by atoms with Crippen LogP contribution in [0.15, 0.2) is 0 Å². The number of amides is 1. The summed E-state index contributed by atoms with van der Waals surface area (Å²) in [4.78, 5) is 23.0. The second-order valence-electron chi connectivity index (χ2n) is 4.39. The molecule has 1 aliphatic rings. The number of nitrogens with zero attached hydrogens (tertiary/aromatic N) is 1. The van der Waals surface area contributed by atoms with E-state index in [-0.39, 0.29) is 12.3 Å². The summed E-state index contributed by atoms with van der Waals surface area (Å²) in [6.45, 7) is 1.12. The molecule has 0 aromatic rings. The van der Waals surface area contributed by atoms with Gasteiger partial charge in [0.1, 0.15) is 5.54 Å². The largest absolute Gasteiger partial charge is 0.479 e. The molecule has 1 fully saturated rings. The van der Waals surface area contributed by atoms with Crippen molar-refractivity contribution in [3.8, 4) is 0 Å². The lowest BCUT2D eigenvalue weighted by molar-refractivity contribution is -0.146. The third kappa shape index (κ3) is 3.83. The van der Waals surface area contributed by atoms with Crippen LogP contribution in [0.1, 0.15) is 13.3 Å². The van der Waals surface area contributed by atoms with Crippen LogP contribution in [0.25, 0.3) is 0 Å². The number of aliphatic carboxylic acids is 1. The maximum atomic E-state index is 11.8. The van der Waals surface area contributed by atoms with Gasteiger partial charge in [-0.1, -0.05) is 0 Å². The molecule has 1 heterocycles. The van der Waals surface area contributed by atoms with Gasteiger partial charge < -0.3 is 10.4 Å². The van der Waals surface area contributed by atoms with Gasteiger partial charge in [-0.05, 0) is 19.1 Å². The van der Waals surface area contributed by atoms with Crippen LogP contribution in [0, 0.1) is 0 Å². The Kier molecular flexibility index (Phi) is 5.22. The van der Waals surface area contributed by atoms with Crippen LogP contribution >= 0.6 is 11.8 Å². The highest BCUT2D eigenvalue weighted by Gasteiger charge is 2.43. The third-order valence-electron chi connectivity index (χ3n) is 3.02. The summed E-state index contributed by atoms with van der Waals surface area (Å²) in [5.74, 6) is -0.804. The molecule has 9 heteroatoms. The van der Waals surface area contributed by atoms with Gasteiger partial charge in [-0.3, -0.25) is 4.79 Å². The van der Waals surface area contributed by atoms with E-state index >= 15 is 0 Å². The molecule has 1 saturated heterocycles. The van der Waals surface area contributed by atoms with Crippen molar-refractivity contribution in [2.75, 3.05) is 30.9 Å². The maximum absolute atomic E-state index is 11.8. The Morgan fingerprint density at radius 2 is 2.11 bits per heavy atom. The van der Waals surface area contributed by atoms with Crippen LogP contribution in [0.2, 0.25) is 0 Å². The highest BCUT2D eigenvalue weighted by atomic mass is 32.2. The molecule has 1 atom stereocenters. The molecule has 1 amide bonds. The smallest absolute Gasteiger partial charge is 0.330 e. The highest BCUT2D eigenvalue weighted by Crippen LogP contribution is 2.28. The van der Waals surface area contributed by atoms with E-state index < -0.39 is 27.4 Å². The van der Waals surface area contributed by atoms with E-state index in [2.05, 4.69) is 5.32 Å². The standard InChI is InChI=1S/C10H18N2O5S2/c1-3-19(16,17)12(2)6-8(13)11-10(9(14)15)4-5-18-7-10/h3-7H2,1-2H3,(H,11,13)(H,14,15). The second kappa shape index (κ2) is 6.10. The number of hydrogen-bond donors (Lipinski definition) is 2. The Balaban J connectivity index is 2.67. The Morgan fingerprint density at radius 3 is 2.53 bits per heavy atom. The van der Waals surface area contributed by atoms with Crippen molar-refractivity contribution in [1.29, 1.82) is 0 Å². The van der Waals surface area contributed by atoms with Crippen LogP contribution in [0.4, 0.5) is 0 Å². The molecular formula is C10H18N2O5S2. The Hall–Kier alpha value is -0.800. The fourth-order valence-electron chi connectivity index (χ4n) is 1.71. The van der Waals surface area contributed by atoms with Gasteiger partial charge in [0.2, 0.25) is 15.9 Å². The van der Waals surface area contributed by atoms with E-state index in [0.29, 0.717) is 17.9 Å². The van der Waals surface area contributed by atoms with E-state index in [0.717, 1.165) is 4.31 Å². The van der Waals surface area contributed by atoms with Gasteiger partial charge in [-0.15, -0.1) is 0 Å². The first-order chi connectivity index (χ1) is 8.73. The number of carbonyl (C=O) groups is 2. The van der Waals surface area contributed by atoms with Crippen LogP contribution in [-0.4, -0.2) is 66.1 Å².